The second-order valence-electron chi connectivity index (χ2n) is 4.50. The fraction of sp³-hybridized carbons (Fsp3) is 0.308. The number of aromatic amines is 1. The Bertz CT molecular complexity index is 625. The lowest BCUT2D eigenvalue weighted by Crippen LogP contribution is -2.13. The van der Waals surface area contributed by atoms with Crippen LogP contribution in [-0.4, -0.2) is 28.2 Å². The van der Waals surface area contributed by atoms with Gasteiger partial charge in [-0.1, -0.05) is 25.4 Å². The van der Waals surface area contributed by atoms with Crippen molar-refractivity contribution in [2.75, 3.05) is 12.4 Å². The number of H-pyrrole nitrogens is 1. The molecule has 20 heavy (non-hydrogen) atoms. The molecule has 0 saturated carbocycles. The number of ether oxygens (including phenoxy) is 1. The lowest BCUT2D eigenvalue weighted by molar-refractivity contribution is 0.101. The second kappa shape index (κ2) is 5.92. The zero-order chi connectivity index (χ0) is 14.7. The minimum absolute atomic E-state index is 0.0978. The molecule has 0 aliphatic heterocycles. The van der Waals surface area contributed by atoms with Crippen LogP contribution in [0.15, 0.2) is 18.2 Å². The molecule has 2 rings (SSSR count). The molecule has 6 nitrogen and oxygen atoms in total. The van der Waals surface area contributed by atoms with Crippen molar-refractivity contribution < 1.29 is 9.53 Å². The molecule has 1 heterocycles. The number of carbonyl (C=O) groups excluding carboxylic acids is 1. The summed E-state index contributed by atoms with van der Waals surface area (Å²) >= 11 is 5.99. The molecule has 0 unspecified atom stereocenters. The average Bonchev–Trinajstić information content (AvgIpc) is 2.88. The molecular weight excluding hydrogens is 280 g/mol. The zero-order valence-electron chi connectivity index (χ0n) is 11.4. The normalized spacial score (nSPS) is 10.7. The number of benzene rings is 1. The summed E-state index contributed by atoms with van der Waals surface area (Å²) in [5.41, 5.74) is 0.552. The number of hydrogen-bond donors (Lipinski definition) is 2. The molecule has 0 saturated heterocycles. The number of carbonyl (C=O) groups is 1. The van der Waals surface area contributed by atoms with Crippen molar-refractivity contribution in [3.63, 3.8) is 0 Å². The third kappa shape index (κ3) is 3.08. The summed E-state index contributed by atoms with van der Waals surface area (Å²) in [5.74, 6) is 1.10. The van der Waals surface area contributed by atoms with Gasteiger partial charge in [-0.15, -0.1) is 5.10 Å². The number of hydrogen-bond acceptors (Lipinski definition) is 4. The molecule has 2 N–H and O–H groups in total. The second-order valence-corrected chi connectivity index (χ2v) is 4.91. The summed E-state index contributed by atoms with van der Waals surface area (Å²) in [6, 6.07) is 4.97. The van der Waals surface area contributed by atoms with Gasteiger partial charge in [-0.2, -0.15) is 0 Å². The van der Waals surface area contributed by atoms with E-state index in [0.29, 0.717) is 22.3 Å². The summed E-state index contributed by atoms with van der Waals surface area (Å²) in [7, 11) is 1.53. The van der Waals surface area contributed by atoms with E-state index in [2.05, 4.69) is 20.5 Å². The van der Waals surface area contributed by atoms with Crippen LogP contribution in [-0.2, 0) is 0 Å². The number of methoxy groups -OCH3 is 1. The van der Waals surface area contributed by atoms with E-state index in [4.69, 9.17) is 16.3 Å². The Kier molecular flexibility index (Phi) is 4.24. The van der Waals surface area contributed by atoms with Gasteiger partial charge in [0.05, 0.1) is 12.1 Å². The Morgan fingerprint density at radius 2 is 2.20 bits per heavy atom. The Labute approximate surface area is 121 Å². The molecule has 7 heteroatoms. The van der Waals surface area contributed by atoms with E-state index in [0.717, 1.165) is 0 Å². The molecular formula is C13H15ClN4O2. The van der Waals surface area contributed by atoms with Crippen LogP contribution < -0.4 is 10.1 Å². The van der Waals surface area contributed by atoms with Gasteiger partial charge in [0.15, 0.2) is 0 Å². The van der Waals surface area contributed by atoms with E-state index < -0.39 is 5.91 Å². The van der Waals surface area contributed by atoms with Crippen LogP contribution in [0.2, 0.25) is 5.02 Å². The Hall–Kier alpha value is -2.08. The fourth-order valence-corrected chi connectivity index (χ4v) is 1.82. The number of halogens is 1. The molecule has 0 bridgehead atoms. The van der Waals surface area contributed by atoms with E-state index in [1.807, 2.05) is 13.8 Å². The zero-order valence-corrected chi connectivity index (χ0v) is 12.2. The molecule has 0 aliphatic carbocycles. The van der Waals surface area contributed by atoms with Gasteiger partial charge >= 0.3 is 0 Å². The molecule has 0 fully saturated rings. The van der Waals surface area contributed by atoms with E-state index >= 15 is 0 Å². The van der Waals surface area contributed by atoms with Gasteiger partial charge in [-0.3, -0.25) is 9.89 Å². The monoisotopic (exact) mass is 294 g/mol. The van der Waals surface area contributed by atoms with Crippen molar-refractivity contribution in [2.24, 2.45) is 0 Å². The quantitative estimate of drug-likeness (QED) is 0.908. The van der Waals surface area contributed by atoms with Crippen molar-refractivity contribution >= 4 is 23.2 Å². The van der Waals surface area contributed by atoms with Crippen LogP contribution in [0.3, 0.4) is 0 Å². The molecule has 106 valence electrons. The van der Waals surface area contributed by atoms with Gasteiger partial charge < -0.3 is 10.1 Å². The third-order valence-electron chi connectivity index (χ3n) is 2.66. The Morgan fingerprint density at radius 1 is 1.45 bits per heavy atom. The van der Waals surface area contributed by atoms with Crippen molar-refractivity contribution in [3.05, 3.63) is 34.9 Å². The largest absolute Gasteiger partial charge is 0.495 e. The van der Waals surface area contributed by atoms with E-state index in [9.17, 15) is 4.79 Å². The lowest BCUT2D eigenvalue weighted by Gasteiger charge is -2.06. The molecule has 0 radical (unpaired) electrons. The Balaban J connectivity index is 2.12. The molecule has 0 spiro atoms. The van der Waals surface area contributed by atoms with Crippen LogP contribution in [0.25, 0.3) is 0 Å². The van der Waals surface area contributed by atoms with Crippen LogP contribution >= 0.6 is 11.6 Å². The highest BCUT2D eigenvalue weighted by Gasteiger charge is 2.14. The van der Waals surface area contributed by atoms with Crippen molar-refractivity contribution in [1.29, 1.82) is 0 Å². The third-order valence-corrected chi connectivity index (χ3v) is 2.96. The van der Waals surface area contributed by atoms with E-state index in [1.54, 1.807) is 18.2 Å². The topological polar surface area (TPSA) is 79.9 Å². The molecule has 1 amide bonds. The summed E-state index contributed by atoms with van der Waals surface area (Å²) in [5, 5.41) is 9.72. The highest BCUT2D eigenvalue weighted by Crippen LogP contribution is 2.27. The van der Waals surface area contributed by atoms with E-state index in [1.165, 1.54) is 7.11 Å². The molecule has 1 aromatic heterocycles. The van der Waals surface area contributed by atoms with Crippen LogP contribution in [0.1, 0.15) is 36.2 Å². The highest BCUT2D eigenvalue weighted by atomic mass is 35.5. The first-order valence-electron chi connectivity index (χ1n) is 6.08. The van der Waals surface area contributed by atoms with Gasteiger partial charge in [0, 0.05) is 11.6 Å². The minimum atomic E-state index is -0.394. The summed E-state index contributed by atoms with van der Waals surface area (Å²) in [6.45, 7) is 3.93. The number of amides is 1. The summed E-state index contributed by atoms with van der Waals surface area (Å²) < 4.78 is 5.04. The number of rotatable bonds is 4. The number of anilines is 1. The first-order chi connectivity index (χ1) is 9.51. The highest BCUT2D eigenvalue weighted by molar-refractivity contribution is 6.32. The molecule has 0 aliphatic rings. The van der Waals surface area contributed by atoms with Gasteiger partial charge in [0.25, 0.3) is 5.91 Å². The number of aromatic nitrogens is 3. The van der Waals surface area contributed by atoms with Crippen molar-refractivity contribution in [3.8, 4) is 5.75 Å². The molecule has 0 atom stereocenters. The van der Waals surface area contributed by atoms with Gasteiger partial charge in [0.2, 0.25) is 5.82 Å². The lowest BCUT2D eigenvalue weighted by atomic mass is 10.2. The van der Waals surface area contributed by atoms with Gasteiger partial charge in [0.1, 0.15) is 11.6 Å². The maximum absolute atomic E-state index is 12.0. The van der Waals surface area contributed by atoms with Crippen molar-refractivity contribution in [1.82, 2.24) is 15.2 Å². The van der Waals surface area contributed by atoms with Crippen LogP contribution in [0.4, 0.5) is 5.69 Å². The number of nitrogens with zero attached hydrogens (tertiary/aromatic N) is 2. The maximum Gasteiger partial charge on any atom is 0.295 e. The predicted octanol–water partition coefficient (Wildman–Crippen LogP) is 2.84. The molecule has 2 aromatic rings. The Morgan fingerprint density at radius 3 is 2.75 bits per heavy atom. The predicted molar refractivity (Wildman–Crippen MR) is 76.4 cm³/mol. The average molecular weight is 295 g/mol. The number of nitrogens with one attached hydrogen (secondary N) is 2. The van der Waals surface area contributed by atoms with Crippen LogP contribution in [0, 0.1) is 0 Å². The van der Waals surface area contributed by atoms with Crippen molar-refractivity contribution in [2.45, 2.75) is 19.8 Å². The maximum atomic E-state index is 12.0. The smallest absolute Gasteiger partial charge is 0.295 e. The van der Waals surface area contributed by atoms with Crippen LogP contribution in [0.5, 0.6) is 5.75 Å². The molecule has 1 aromatic carbocycles. The standard InChI is InChI=1S/C13H15ClN4O2/c1-7(2)11-16-12(18-17-11)13(19)15-8-4-5-10(20-3)9(14)6-8/h4-7H,1-3H3,(H,15,19)(H,16,17,18). The first-order valence-corrected chi connectivity index (χ1v) is 6.46. The van der Waals surface area contributed by atoms with Gasteiger partial charge in [-0.05, 0) is 18.2 Å². The first kappa shape index (κ1) is 14.3. The fourth-order valence-electron chi connectivity index (χ4n) is 1.57. The van der Waals surface area contributed by atoms with E-state index in [-0.39, 0.29) is 11.7 Å². The van der Waals surface area contributed by atoms with Gasteiger partial charge in [-0.25, -0.2) is 4.98 Å². The summed E-state index contributed by atoms with van der Waals surface area (Å²) in [4.78, 5) is 16.1. The minimum Gasteiger partial charge on any atom is -0.495 e. The SMILES string of the molecule is COc1ccc(NC(=O)c2n[nH]c(C(C)C)n2)cc1Cl. The summed E-state index contributed by atoms with van der Waals surface area (Å²) in [6.07, 6.45) is 0.